The van der Waals surface area contributed by atoms with Crippen molar-refractivity contribution >= 4 is 22.6 Å². The molecule has 0 aromatic heterocycles. The molecule has 3 heteroatoms. The van der Waals surface area contributed by atoms with Crippen molar-refractivity contribution in [1.82, 2.24) is 0 Å². The maximum Gasteiger partial charge on any atom is 0.104 e. The predicted octanol–water partition coefficient (Wildman–Crippen LogP) is 6.70. The molecular formula is C23H38FIO. The summed E-state index contributed by atoms with van der Waals surface area (Å²) in [5.74, 6) is 2.85. The Morgan fingerprint density at radius 2 is 1.81 bits per heavy atom. The largest absolute Gasteiger partial charge is 0.396 e. The Morgan fingerprint density at radius 1 is 1.00 bits per heavy atom. The lowest BCUT2D eigenvalue weighted by Crippen LogP contribution is -2.59. The Kier molecular flexibility index (Phi) is 5.47. The number of fused-ring (bicyclic) bond motifs is 5. The van der Waals surface area contributed by atoms with Crippen LogP contribution in [0.25, 0.3) is 0 Å². The van der Waals surface area contributed by atoms with E-state index in [0.717, 1.165) is 24.2 Å². The van der Waals surface area contributed by atoms with Gasteiger partial charge in [0.25, 0.3) is 0 Å². The van der Waals surface area contributed by atoms with Crippen LogP contribution in [-0.2, 0) is 0 Å². The minimum absolute atomic E-state index is 0.129. The zero-order valence-corrected chi connectivity index (χ0v) is 18.9. The van der Waals surface area contributed by atoms with Crippen LogP contribution in [0.1, 0.15) is 90.9 Å². The average Bonchev–Trinajstić information content (AvgIpc) is 2.91. The van der Waals surface area contributed by atoms with Crippen molar-refractivity contribution in [2.24, 2.45) is 34.5 Å². The third-order valence-electron chi connectivity index (χ3n) is 9.83. The first-order valence-corrected chi connectivity index (χ1v) is 12.4. The van der Waals surface area contributed by atoms with Crippen LogP contribution < -0.4 is 0 Å². The molecule has 0 bridgehead atoms. The van der Waals surface area contributed by atoms with Gasteiger partial charge in [-0.2, -0.15) is 0 Å². The molecule has 0 spiro atoms. The molecule has 26 heavy (non-hydrogen) atoms. The van der Waals surface area contributed by atoms with Gasteiger partial charge in [0, 0.05) is 10.0 Å². The lowest BCUT2D eigenvalue weighted by molar-refractivity contribution is -0.0986. The van der Waals surface area contributed by atoms with Gasteiger partial charge in [-0.05, 0) is 98.7 Å². The van der Waals surface area contributed by atoms with Gasteiger partial charge in [-0.25, -0.2) is 4.39 Å². The molecule has 4 fully saturated rings. The molecule has 0 heterocycles. The minimum atomic E-state index is -0.720. The number of rotatable bonds is 4. The molecule has 1 nitrogen and oxygen atoms in total. The van der Waals surface area contributed by atoms with E-state index in [1.165, 1.54) is 57.8 Å². The summed E-state index contributed by atoms with van der Waals surface area (Å²) < 4.78 is 15.4. The standard InChI is InChI=1S/C23H38FIO/c1-21-12-4-3-6-16(21)8-9-18-17(21)10-13-22(2)19(11-14-23(18,22)25)20(24)7-5-15-26/h16-20,26H,3-15H2,1-2H3/t16?,17-,18?,19?,20?,21-,22+,23?/m0/s1. The first-order valence-electron chi connectivity index (χ1n) is 11.3. The number of halogens is 2. The minimum Gasteiger partial charge on any atom is -0.396 e. The maximum atomic E-state index is 15.1. The monoisotopic (exact) mass is 476 g/mol. The maximum absolute atomic E-state index is 15.1. The van der Waals surface area contributed by atoms with Gasteiger partial charge >= 0.3 is 0 Å². The Balaban J connectivity index is 1.60. The van der Waals surface area contributed by atoms with Crippen molar-refractivity contribution < 1.29 is 9.50 Å². The summed E-state index contributed by atoms with van der Waals surface area (Å²) in [7, 11) is 0. The lowest BCUT2D eigenvalue weighted by atomic mass is 9.44. The summed E-state index contributed by atoms with van der Waals surface area (Å²) in [6, 6.07) is 0. The van der Waals surface area contributed by atoms with E-state index in [4.69, 9.17) is 5.11 Å². The third kappa shape index (κ3) is 2.75. The predicted molar refractivity (Wildman–Crippen MR) is 114 cm³/mol. The molecule has 4 saturated carbocycles. The third-order valence-corrected chi connectivity index (χ3v) is 12.4. The van der Waals surface area contributed by atoms with Crippen LogP contribution in [-0.4, -0.2) is 21.3 Å². The molecule has 150 valence electrons. The first kappa shape index (κ1) is 19.9. The summed E-state index contributed by atoms with van der Waals surface area (Å²) in [5, 5.41) is 9.13. The molecule has 0 aromatic carbocycles. The van der Waals surface area contributed by atoms with Crippen LogP contribution in [0.2, 0.25) is 0 Å². The number of hydrogen-bond acceptors (Lipinski definition) is 1. The van der Waals surface area contributed by atoms with Crippen molar-refractivity contribution in [2.75, 3.05) is 6.61 Å². The molecule has 0 aliphatic heterocycles. The Morgan fingerprint density at radius 3 is 2.58 bits per heavy atom. The van der Waals surface area contributed by atoms with E-state index in [2.05, 4.69) is 36.4 Å². The van der Waals surface area contributed by atoms with Crippen molar-refractivity contribution in [3.63, 3.8) is 0 Å². The SMILES string of the molecule is C[C@]12CCCCC1CCC1[C@@H]2CC[C@]2(C)C(C(F)CCCO)CCC12I. The van der Waals surface area contributed by atoms with E-state index >= 15 is 4.39 Å². The molecule has 1 N–H and O–H groups in total. The summed E-state index contributed by atoms with van der Waals surface area (Å²) in [4.78, 5) is 0. The van der Waals surface area contributed by atoms with Crippen LogP contribution in [0.3, 0.4) is 0 Å². The van der Waals surface area contributed by atoms with Gasteiger partial charge in [0.15, 0.2) is 0 Å². The van der Waals surface area contributed by atoms with Crippen molar-refractivity contribution in [1.29, 1.82) is 0 Å². The smallest absolute Gasteiger partial charge is 0.104 e. The first-order chi connectivity index (χ1) is 12.4. The molecule has 4 rings (SSSR count). The zero-order chi connectivity index (χ0) is 18.6. The Hall–Kier alpha value is 0.620. The Labute approximate surface area is 173 Å². The van der Waals surface area contributed by atoms with Crippen LogP contribution in [0, 0.1) is 34.5 Å². The molecule has 0 aromatic rings. The fourth-order valence-electron chi connectivity index (χ4n) is 8.32. The molecule has 0 amide bonds. The molecule has 0 saturated heterocycles. The Bertz CT molecular complexity index is 526. The fraction of sp³-hybridized carbons (Fsp3) is 1.00. The summed E-state index contributed by atoms with van der Waals surface area (Å²) in [5.41, 5.74) is 0.715. The molecular weight excluding hydrogens is 438 g/mol. The van der Waals surface area contributed by atoms with Gasteiger partial charge in [-0.15, -0.1) is 0 Å². The van der Waals surface area contributed by atoms with E-state index in [1.807, 2.05) is 0 Å². The highest BCUT2D eigenvalue weighted by atomic mass is 127. The van der Waals surface area contributed by atoms with E-state index < -0.39 is 6.17 Å². The van der Waals surface area contributed by atoms with Gasteiger partial charge in [0.05, 0.1) is 0 Å². The second-order valence-electron chi connectivity index (χ2n) is 10.6. The van der Waals surface area contributed by atoms with Gasteiger partial charge in [0.1, 0.15) is 6.17 Å². The van der Waals surface area contributed by atoms with Gasteiger partial charge < -0.3 is 5.11 Å². The fourth-order valence-corrected chi connectivity index (χ4v) is 10.0. The molecule has 4 aliphatic rings. The van der Waals surface area contributed by atoms with Crippen molar-refractivity contribution in [3.05, 3.63) is 0 Å². The molecule has 0 radical (unpaired) electrons. The molecule has 4 aliphatic carbocycles. The summed E-state index contributed by atoms with van der Waals surface area (Å²) in [6.45, 7) is 5.19. The number of aliphatic hydroxyl groups is 1. The van der Waals surface area contributed by atoms with Gasteiger partial charge in [0.2, 0.25) is 0 Å². The normalized spacial score (nSPS) is 52.0. The number of alkyl halides is 2. The highest BCUT2D eigenvalue weighted by Gasteiger charge is 2.67. The van der Waals surface area contributed by atoms with Gasteiger partial charge in [-0.3, -0.25) is 0 Å². The zero-order valence-electron chi connectivity index (χ0n) is 16.8. The molecule has 8 atom stereocenters. The lowest BCUT2D eigenvalue weighted by Gasteiger charge is -2.63. The highest BCUT2D eigenvalue weighted by Crippen LogP contribution is 2.72. The summed E-state index contributed by atoms with van der Waals surface area (Å²) >= 11 is 2.83. The van der Waals surface area contributed by atoms with Crippen molar-refractivity contribution in [2.45, 2.75) is 100 Å². The quantitative estimate of drug-likeness (QED) is 0.354. The number of hydrogen-bond donors (Lipinski definition) is 1. The second kappa shape index (κ2) is 7.15. The second-order valence-corrected chi connectivity index (χ2v) is 12.5. The van der Waals surface area contributed by atoms with Gasteiger partial charge in [-0.1, -0.05) is 49.3 Å². The summed E-state index contributed by atoms with van der Waals surface area (Å²) in [6.07, 6.45) is 13.9. The topological polar surface area (TPSA) is 20.2 Å². The van der Waals surface area contributed by atoms with E-state index in [9.17, 15) is 0 Å². The molecule has 5 unspecified atom stereocenters. The van der Waals surface area contributed by atoms with Crippen LogP contribution in [0.4, 0.5) is 4.39 Å². The van der Waals surface area contributed by atoms with Crippen molar-refractivity contribution in [3.8, 4) is 0 Å². The van der Waals surface area contributed by atoms with Crippen LogP contribution in [0.15, 0.2) is 0 Å². The number of aliphatic hydroxyl groups excluding tert-OH is 1. The van der Waals surface area contributed by atoms with E-state index in [1.54, 1.807) is 0 Å². The highest BCUT2D eigenvalue weighted by molar-refractivity contribution is 14.1. The average molecular weight is 476 g/mol. The van der Waals surface area contributed by atoms with Crippen LogP contribution >= 0.6 is 22.6 Å². The van der Waals surface area contributed by atoms with E-state index in [0.29, 0.717) is 21.7 Å². The van der Waals surface area contributed by atoms with E-state index in [-0.39, 0.29) is 17.9 Å². The van der Waals surface area contributed by atoms with Crippen LogP contribution in [0.5, 0.6) is 0 Å².